The molecule has 0 unspecified atom stereocenters. The molecule has 0 heterocycles. The lowest BCUT2D eigenvalue weighted by Gasteiger charge is -2.07. The quantitative estimate of drug-likeness (QED) is 0.733. The van der Waals surface area contributed by atoms with Crippen LogP contribution in [0.25, 0.3) is 0 Å². The van der Waals surface area contributed by atoms with Crippen LogP contribution in [0.2, 0.25) is 0 Å². The number of Topliss-reactive ketones (excluding diaryl/α,β-unsaturated/α-hetero) is 1. The van der Waals surface area contributed by atoms with Gasteiger partial charge in [0.25, 0.3) is 0 Å². The number of para-hydroxylation sites is 1. The van der Waals surface area contributed by atoms with E-state index < -0.39 is 17.0 Å². The molecule has 0 aromatic heterocycles. The average molecular weight is 312 g/mol. The maximum Gasteiger partial charge on any atom is 0.442 e. The summed E-state index contributed by atoms with van der Waals surface area (Å²) in [6, 6.07) is 15.1. The molecule has 0 atom stereocenters. The second-order valence-electron chi connectivity index (χ2n) is 4.10. The van der Waals surface area contributed by atoms with Crippen LogP contribution >= 0.6 is 11.8 Å². The predicted molar refractivity (Wildman–Crippen MR) is 75.8 cm³/mol. The first-order valence-corrected chi connectivity index (χ1v) is 6.99. The van der Waals surface area contributed by atoms with Crippen LogP contribution in [0, 0.1) is 0 Å². The highest BCUT2D eigenvalue weighted by atomic mass is 32.2. The summed E-state index contributed by atoms with van der Waals surface area (Å²) in [7, 11) is 0. The molecule has 2 rings (SSSR count). The molecule has 0 fully saturated rings. The summed E-state index contributed by atoms with van der Waals surface area (Å²) in [5.74, 6) is -0.0310. The van der Waals surface area contributed by atoms with Crippen molar-refractivity contribution in [2.24, 2.45) is 0 Å². The molecule has 0 aliphatic rings. The molecular formula is C15H11F3O2S. The Morgan fingerprint density at radius 1 is 0.952 bits per heavy atom. The van der Waals surface area contributed by atoms with E-state index in [1.54, 1.807) is 24.3 Å². The van der Waals surface area contributed by atoms with Gasteiger partial charge in [0.15, 0.2) is 5.78 Å². The van der Waals surface area contributed by atoms with E-state index in [0.717, 1.165) is 0 Å². The standard InChI is InChI=1S/C15H11F3O2S/c16-15(17,18)21-10-14(19)11-6-8-13(9-7-11)20-12-4-2-1-3-5-12/h1-9H,10H2. The van der Waals surface area contributed by atoms with E-state index in [0.29, 0.717) is 11.5 Å². The molecule has 21 heavy (non-hydrogen) atoms. The first-order chi connectivity index (χ1) is 9.94. The Bertz CT molecular complexity index is 595. The first-order valence-electron chi connectivity index (χ1n) is 6.01. The molecule has 2 aromatic carbocycles. The Kier molecular flexibility index (Phi) is 4.90. The van der Waals surface area contributed by atoms with E-state index in [9.17, 15) is 18.0 Å². The molecule has 0 N–H and O–H groups in total. The van der Waals surface area contributed by atoms with E-state index in [2.05, 4.69) is 0 Å². The van der Waals surface area contributed by atoms with Crippen molar-refractivity contribution in [3.63, 3.8) is 0 Å². The van der Waals surface area contributed by atoms with Gasteiger partial charge in [0.1, 0.15) is 11.5 Å². The van der Waals surface area contributed by atoms with E-state index in [-0.39, 0.29) is 17.3 Å². The Morgan fingerprint density at radius 2 is 1.52 bits per heavy atom. The zero-order chi connectivity index (χ0) is 15.3. The zero-order valence-corrected chi connectivity index (χ0v) is 11.6. The van der Waals surface area contributed by atoms with Crippen LogP contribution in [0.1, 0.15) is 10.4 Å². The van der Waals surface area contributed by atoms with Crippen LogP contribution < -0.4 is 4.74 Å². The molecule has 0 saturated heterocycles. The van der Waals surface area contributed by atoms with Gasteiger partial charge in [0.2, 0.25) is 0 Å². The van der Waals surface area contributed by atoms with E-state index in [4.69, 9.17) is 4.74 Å². The number of carbonyl (C=O) groups is 1. The van der Waals surface area contributed by atoms with Gasteiger partial charge in [-0.1, -0.05) is 18.2 Å². The summed E-state index contributed by atoms with van der Waals surface area (Å²) in [6.45, 7) is 0. The Morgan fingerprint density at radius 3 is 2.10 bits per heavy atom. The van der Waals surface area contributed by atoms with Crippen molar-refractivity contribution in [2.45, 2.75) is 5.51 Å². The topological polar surface area (TPSA) is 26.3 Å². The predicted octanol–water partition coefficient (Wildman–Crippen LogP) is 4.91. The molecule has 0 aliphatic carbocycles. The van der Waals surface area contributed by atoms with Gasteiger partial charge in [-0.3, -0.25) is 4.79 Å². The Hall–Kier alpha value is -1.95. The summed E-state index contributed by atoms with van der Waals surface area (Å²) in [5.41, 5.74) is -4.17. The maximum absolute atomic E-state index is 12.0. The summed E-state index contributed by atoms with van der Waals surface area (Å²) >= 11 is -0.337. The third kappa shape index (κ3) is 5.15. The lowest BCUT2D eigenvalue weighted by molar-refractivity contribution is -0.0327. The van der Waals surface area contributed by atoms with Crippen LogP contribution in [0.5, 0.6) is 11.5 Å². The fourth-order valence-electron chi connectivity index (χ4n) is 1.56. The Labute approximate surface area is 123 Å². The van der Waals surface area contributed by atoms with E-state index in [1.165, 1.54) is 12.1 Å². The molecule has 6 heteroatoms. The minimum atomic E-state index is -4.40. The second kappa shape index (κ2) is 6.67. The van der Waals surface area contributed by atoms with Gasteiger partial charge < -0.3 is 4.74 Å². The number of rotatable bonds is 5. The van der Waals surface area contributed by atoms with Crippen LogP contribution in [0.3, 0.4) is 0 Å². The van der Waals surface area contributed by atoms with Crippen molar-refractivity contribution in [1.82, 2.24) is 0 Å². The summed E-state index contributed by atoms with van der Waals surface area (Å²) in [4.78, 5) is 11.6. The van der Waals surface area contributed by atoms with Crippen molar-refractivity contribution in [2.75, 3.05) is 5.75 Å². The SMILES string of the molecule is O=C(CSC(F)(F)F)c1ccc(Oc2ccccc2)cc1. The number of halogens is 3. The summed E-state index contributed by atoms with van der Waals surface area (Å²) in [6.07, 6.45) is 0. The summed E-state index contributed by atoms with van der Waals surface area (Å²) in [5, 5.41) is 0. The van der Waals surface area contributed by atoms with Gasteiger partial charge in [0.05, 0.1) is 5.75 Å². The molecule has 0 radical (unpaired) electrons. The Balaban J connectivity index is 1.97. The van der Waals surface area contributed by atoms with Gasteiger partial charge in [-0.25, -0.2) is 0 Å². The number of carbonyl (C=O) groups excluding carboxylic acids is 1. The number of thioether (sulfide) groups is 1. The number of ketones is 1. The molecule has 0 saturated carbocycles. The van der Waals surface area contributed by atoms with Gasteiger partial charge in [-0.05, 0) is 48.2 Å². The number of hydrogen-bond donors (Lipinski definition) is 0. The number of alkyl halides is 3. The molecule has 2 aromatic rings. The van der Waals surface area contributed by atoms with Crippen molar-refractivity contribution < 1.29 is 22.7 Å². The maximum atomic E-state index is 12.0. The van der Waals surface area contributed by atoms with E-state index >= 15 is 0 Å². The van der Waals surface area contributed by atoms with Crippen molar-refractivity contribution in [3.05, 3.63) is 60.2 Å². The van der Waals surface area contributed by atoms with E-state index in [1.807, 2.05) is 18.2 Å². The third-order valence-corrected chi connectivity index (χ3v) is 3.26. The van der Waals surface area contributed by atoms with Gasteiger partial charge in [-0.2, -0.15) is 13.2 Å². The monoisotopic (exact) mass is 312 g/mol. The second-order valence-corrected chi connectivity index (χ2v) is 5.14. The van der Waals surface area contributed by atoms with Crippen LogP contribution in [0.15, 0.2) is 54.6 Å². The molecular weight excluding hydrogens is 301 g/mol. The fraction of sp³-hybridized carbons (Fsp3) is 0.133. The van der Waals surface area contributed by atoms with Gasteiger partial charge in [-0.15, -0.1) is 0 Å². The highest BCUT2D eigenvalue weighted by Crippen LogP contribution is 2.30. The normalized spacial score (nSPS) is 11.2. The highest BCUT2D eigenvalue weighted by molar-refractivity contribution is 8.00. The molecule has 0 spiro atoms. The molecule has 110 valence electrons. The molecule has 0 bridgehead atoms. The van der Waals surface area contributed by atoms with Crippen molar-refractivity contribution in [1.29, 1.82) is 0 Å². The summed E-state index contributed by atoms with van der Waals surface area (Å²) < 4.78 is 41.6. The average Bonchev–Trinajstić information content (AvgIpc) is 2.46. The number of benzene rings is 2. The third-order valence-electron chi connectivity index (χ3n) is 2.52. The fourth-order valence-corrected chi connectivity index (χ4v) is 2.03. The lowest BCUT2D eigenvalue weighted by atomic mass is 10.1. The smallest absolute Gasteiger partial charge is 0.442 e. The van der Waals surface area contributed by atoms with Gasteiger partial charge >= 0.3 is 5.51 Å². The highest BCUT2D eigenvalue weighted by Gasteiger charge is 2.29. The molecule has 0 aliphatic heterocycles. The minimum absolute atomic E-state index is 0.229. The molecule has 0 amide bonds. The van der Waals surface area contributed by atoms with Gasteiger partial charge in [0, 0.05) is 5.56 Å². The number of hydrogen-bond acceptors (Lipinski definition) is 3. The van der Waals surface area contributed by atoms with Crippen LogP contribution in [-0.4, -0.2) is 17.0 Å². The first kappa shape index (κ1) is 15.4. The van der Waals surface area contributed by atoms with Crippen molar-refractivity contribution >= 4 is 17.5 Å². The molecule has 2 nitrogen and oxygen atoms in total. The number of ether oxygens (including phenoxy) is 1. The largest absolute Gasteiger partial charge is 0.457 e. The zero-order valence-electron chi connectivity index (χ0n) is 10.8. The minimum Gasteiger partial charge on any atom is -0.457 e. The lowest BCUT2D eigenvalue weighted by Crippen LogP contribution is -2.09. The van der Waals surface area contributed by atoms with Crippen molar-refractivity contribution in [3.8, 4) is 11.5 Å². The van der Waals surface area contributed by atoms with Crippen LogP contribution in [0.4, 0.5) is 13.2 Å². The van der Waals surface area contributed by atoms with Crippen LogP contribution in [-0.2, 0) is 0 Å².